The Morgan fingerprint density at radius 3 is 2.50 bits per heavy atom. The Hall–Kier alpha value is -1.18. The van der Waals surface area contributed by atoms with Crippen LogP contribution in [0.2, 0.25) is 0 Å². The molecule has 0 radical (unpaired) electrons. The van der Waals surface area contributed by atoms with Gasteiger partial charge in [-0.1, -0.05) is 0 Å². The summed E-state index contributed by atoms with van der Waals surface area (Å²) in [5, 5.41) is 8.82. The maximum absolute atomic E-state index is 12.6. The monoisotopic (exact) mass is 285 g/mol. The number of nitrogens with two attached hydrogens (primary N) is 1. The van der Waals surface area contributed by atoms with Gasteiger partial charge in [0.15, 0.2) is 0 Å². The molecule has 0 atom stereocenters. The van der Waals surface area contributed by atoms with Crippen molar-refractivity contribution in [3.8, 4) is 0 Å². The number of amides is 1. The molecule has 2 rings (SSSR count). The van der Waals surface area contributed by atoms with Crippen LogP contribution in [0.25, 0.3) is 0 Å². The van der Waals surface area contributed by atoms with Crippen LogP contribution < -0.4 is 5.73 Å². The van der Waals surface area contributed by atoms with Gasteiger partial charge in [-0.15, -0.1) is 0 Å². The number of ether oxygens (including phenoxy) is 1. The number of carboxylic acid groups (broad SMARTS) is 1. The third-order valence-corrected chi connectivity index (χ3v) is 4.05. The second kappa shape index (κ2) is 6.51. The Morgan fingerprint density at radius 1 is 1.15 bits per heavy atom. The van der Waals surface area contributed by atoms with Crippen molar-refractivity contribution in [1.82, 2.24) is 9.80 Å². The van der Waals surface area contributed by atoms with Crippen molar-refractivity contribution in [3.05, 3.63) is 0 Å². The van der Waals surface area contributed by atoms with Crippen LogP contribution in [0.3, 0.4) is 0 Å². The molecule has 1 amide bonds. The molecular formula is C13H23N3O4. The minimum absolute atomic E-state index is 0.0158. The number of hydrogen-bond donors (Lipinski definition) is 2. The van der Waals surface area contributed by atoms with Crippen LogP contribution >= 0.6 is 0 Å². The summed E-state index contributed by atoms with van der Waals surface area (Å²) < 4.78 is 5.26. The lowest BCUT2D eigenvalue weighted by Gasteiger charge is -2.36. The second-order valence-corrected chi connectivity index (χ2v) is 5.58. The van der Waals surface area contributed by atoms with Gasteiger partial charge in [-0.2, -0.15) is 0 Å². The molecule has 0 saturated carbocycles. The van der Waals surface area contributed by atoms with Gasteiger partial charge in [0.2, 0.25) is 5.91 Å². The Kier molecular flexibility index (Phi) is 4.95. The zero-order chi connectivity index (χ0) is 14.6. The summed E-state index contributed by atoms with van der Waals surface area (Å²) in [6.45, 7) is 3.58. The molecule has 2 aliphatic heterocycles. The lowest BCUT2D eigenvalue weighted by Crippen LogP contribution is -2.58. The van der Waals surface area contributed by atoms with E-state index in [1.54, 1.807) is 4.90 Å². The van der Waals surface area contributed by atoms with E-state index in [9.17, 15) is 9.59 Å². The standard InChI is InChI=1S/C13H23N3O4/c14-13(2-8-20-9-3-13)12(19)16-5-1-4-15(6-7-16)10-11(17)18/h1-10,14H2,(H,17,18). The zero-order valence-corrected chi connectivity index (χ0v) is 11.7. The predicted molar refractivity (Wildman–Crippen MR) is 72.2 cm³/mol. The largest absolute Gasteiger partial charge is 0.480 e. The summed E-state index contributed by atoms with van der Waals surface area (Å²) >= 11 is 0. The van der Waals surface area contributed by atoms with E-state index in [2.05, 4.69) is 0 Å². The highest BCUT2D eigenvalue weighted by Gasteiger charge is 2.39. The molecule has 114 valence electrons. The molecule has 0 aromatic heterocycles. The van der Waals surface area contributed by atoms with Crippen LogP contribution in [-0.4, -0.2) is 78.3 Å². The number of carbonyl (C=O) groups excluding carboxylic acids is 1. The lowest BCUT2D eigenvalue weighted by molar-refractivity contribution is -0.140. The molecule has 2 fully saturated rings. The molecule has 7 nitrogen and oxygen atoms in total. The first-order valence-electron chi connectivity index (χ1n) is 7.11. The first-order chi connectivity index (χ1) is 9.51. The maximum atomic E-state index is 12.6. The molecule has 2 saturated heterocycles. The van der Waals surface area contributed by atoms with E-state index >= 15 is 0 Å². The van der Waals surface area contributed by atoms with Crippen molar-refractivity contribution in [1.29, 1.82) is 0 Å². The Bertz CT molecular complexity index is 369. The normalized spacial score (nSPS) is 24.1. The molecule has 2 heterocycles. The minimum atomic E-state index is -0.829. The molecular weight excluding hydrogens is 262 g/mol. The minimum Gasteiger partial charge on any atom is -0.480 e. The highest BCUT2D eigenvalue weighted by atomic mass is 16.5. The molecule has 3 N–H and O–H groups in total. The highest BCUT2D eigenvalue weighted by Crippen LogP contribution is 2.21. The molecule has 0 aromatic carbocycles. The van der Waals surface area contributed by atoms with Gasteiger partial charge in [-0.05, 0) is 19.3 Å². The second-order valence-electron chi connectivity index (χ2n) is 5.58. The average molecular weight is 285 g/mol. The van der Waals surface area contributed by atoms with Gasteiger partial charge in [-0.3, -0.25) is 14.5 Å². The van der Waals surface area contributed by atoms with Crippen molar-refractivity contribution in [2.45, 2.75) is 24.8 Å². The number of nitrogens with zero attached hydrogens (tertiary/aromatic N) is 2. The SMILES string of the molecule is NC1(C(=O)N2CCCN(CC(=O)O)CC2)CCOCC1. The van der Waals surface area contributed by atoms with E-state index in [4.69, 9.17) is 15.6 Å². The van der Waals surface area contributed by atoms with Gasteiger partial charge < -0.3 is 20.5 Å². The number of rotatable bonds is 3. The first kappa shape index (κ1) is 15.2. The average Bonchev–Trinajstić information content (AvgIpc) is 2.63. The predicted octanol–water partition coefficient (Wildman–Crippen LogP) is -0.887. The van der Waals surface area contributed by atoms with Crippen molar-refractivity contribution < 1.29 is 19.4 Å². The third-order valence-electron chi connectivity index (χ3n) is 4.05. The van der Waals surface area contributed by atoms with Crippen LogP contribution in [0.1, 0.15) is 19.3 Å². The summed E-state index contributed by atoms with van der Waals surface area (Å²) in [6.07, 6.45) is 1.90. The fraction of sp³-hybridized carbons (Fsp3) is 0.846. The third kappa shape index (κ3) is 3.68. The van der Waals surface area contributed by atoms with Crippen LogP contribution in [0.4, 0.5) is 0 Å². The topological polar surface area (TPSA) is 96.1 Å². The van der Waals surface area contributed by atoms with Crippen LogP contribution in [0.5, 0.6) is 0 Å². The fourth-order valence-electron chi connectivity index (χ4n) is 2.79. The zero-order valence-electron chi connectivity index (χ0n) is 11.7. The molecule has 20 heavy (non-hydrogen) atoms. The lowest BCUT2D eigenvalue weighted by atomic mass is 9.89. The molecule has 0 bridgehead atoms. The summed E-state index contributed by atoms with van der Waals surface area (Å²) in [5.74, 6) is -0.845. The molecule has 0 aromatic rings. The van der Waals surface area contributed by atoms with Gasteiger partial charge in [0.25, 0.3) is 0 Å². The highest BCUT2D eigenvalue weighted by molar-refractivity contribution is 5.86. The summed E-state index contributed by atoms with van der Waals surface area (Å²) in [5.41, 5.74) is 5.42. The molecule has 0 aliphatic carbocycles. The summed E-state index contributed by atoms with van der Waals surface area (Å²) in [4.78, 5) is 27.0. The van der Waals surface area contributed by atoms with Crippen molar-refractivity contribution in [3.63, 3.8) is 0 Å². The van der Waals surface area contributed by atoms with Crippen molar-refractivity contribution in [2.75, 3.05) is 45.9 Å². The number of hydrogen-bond acceptors (Lipinski definition) is 5. The number of aliphatic carboxylic acids is 1. The van der Waals surface area contributed by atoms with E-state index in [1.165, 1.54) is 0 Å². The molecule has 0 unspecified atom stereocenters. The van der Waals surface area contributed by atoms with E-state index in [-0.39, 0.29) is 12.5 Å². The fourth-order valence-corrected chi connectivity index (χ4v) is 2.79. The van der Waals surface area contributed by atoms with E-state index < -0.39 is 11.5 Å². The first-order valence-corrected chi connectivity index (χ1v) is 7.11. The van der Waals surface area contributed by atoms with Gasteiger partial charge in [0.05, 0.1) is 12.1 Å². The van der Waals surface area contributed by atoms with E-state index in [0.29, 0.717) is 52.2 Å². The molecule has 2 aliphatic rings. The van der Waals surface area contributed by atoms with Gasteiger partial charge >= 0.3 is 5.97 Å². The van der Waals surface area contributed by atoms with Crippen molar-refractivity contribution in [2.24, 2.45) is 5.73 Å². The van der Waals surface area contributed by atoms with E-state index in [1.807, 2.05) is 4.90 Å². The van der Waals surface area contributed by atoms with Crippen LogP contribution in [0, 0.1) is 0 Å². The Morgan fingerprint density at radius 2 is 1.85 bits per heavy atom. The Balaban J connectivity index is 1.92. The summed E-state index contributed by atoms with van der Waals surface area (Å²) in [7, 11) is 0. The van der Waals surface area contributed by atoms with Gasteiger partial charge in [0.1, 0.15) is 0 Å². The van der Waals surface area contributed by atoms with Crippen molar-refractivity contribution >= 4 is 11.9 Å². The summed E-state index contributed by atoms with van der Waals surface area (Å²) in [6, 6.07) is 0. The quantitative estimate of drug-likeness (QED) is 0.698. The van der Waals surface area contributed by atoms with Gasteiger partial charge in [-0.25, -0.2) is 0 Å². The van der Waals surface area contributed by atoms with Crippen LogP contribution in [0.15, 0.2) is 0 Å². The number of carboxylic acids is 1. The molecule has 0 spiro atoms. The van der Waals surface area contributed by atoms with E-state index in [0.717, 1.165) is 6.42 Å². The number of carbonyl (C=O) groups is 2. The maximum Gasteiger partial charge on any atom is 0.317 e. The van der Waals surface area contributed by atoms with Gasteiger partial charge in [0, 0.05) is 39.4 Å². The smallest absolute Gasteiger partial charge is 0.317 e. The van der Waals surface area contributed by atoms with Crippen LogP contribution in [-0.2, 0) is 14.3 Å². The Labute approximate surface area is 118 Å². The molecule has 7 heteroatoms.